The van der Waals surface area contributed by atoms with Crippen molar-refractivity contribution in [2.24, 2.45) is 0 Å². The van der Waals surface area contributed by atoms with Crippen molar-refractivity contribution in [2.75, 3.05) is 36.4 Å². The van der Waals surface area contributed by atoms with E-state index in [0.717, 1.165) is 11.4 Å². The highest BCUT2D eigenvalue weighted by Crippen LogP contribution is 2.18. The molecule has 27 heavy (non-hydrogen) atoms. The van der Waals surface area contributed by atoms with Gasteiger partial charge in [0.15, 0.2) is 0 Å². The zero-order valence-corrected chi connectivity index (χ0v) is 15.3. The van der Waals surface area contributed by atoms with Crippen LogP contribution in [0.3, 0.4) is 0 Å². The normalized spacial score (nSPS) is 14.6. The molecule has 1 aliphatic heterocycles. The number of nitriles is 1. The molecule has 138 valence electrons. The molecule has 2 aromatic rings. The average molecular weight is 385 g/mol. The molecule has 5 nitrogen and oxygen atoms in total. The number of halogens is 2. The van der Waals surface area contributed by atoms with Crippen molar-refractivity contribution >= 4 is 28.9 Å². The number of benzene rings is 2. The number of rotatable bonds is 4. The van der Waals surface area contributed by atoms with Gasteiger partial charge in [-0.25, -0.2) is 4.39 Å². The Morgan fingerprint density at radius 1 is 1.07 bits per heavy atom. The van der Waals surface area contributed by atoms with Crippen molar-refractivity contribution in [1.29, 1.82) is 5.26 Å². The van der Waals surface area contributed by atoms with Crippen LogP contribution in [0.1, 0.15) is 0 Å². The third-order valence-corrected chi connectivity index (χ3v) is 4.59. The topological polar surface area (TPSA) is 59.4 Å². The lowest BCUT2D eigenvalue weighted by atomic mass is 10.2. The van der Waals surface area contributed by atoms with Crippen LogP contribution in [0.5, 0.6) is 0 Å². The molecule has 0 aliphatic carbocycles. The second-order valence-corrected chi connectivity index (χ2v) is 6.51. The summed E-state index contributed by atoms with van der Waals surface area (Å²) in [4.78, 5) is 16.3. The minimum absolute atomic E-state index is 0.0418. The van der Waals surface area contributed by atoms with E-state index >= 15 is 0 Å². The van der Waals surface area contributed by atoms with Gasteiger partial charge in [-0.3, -0.25) is 4.79 Å². The predicted molar refractivity (Wildman–Crippen MR) is 104 cm³/mol. The number of piperazine rings is 1. The minimum Gasteiger partial charge on any atom is -0.368 e. The van der Waals surface area contributed by atoms with Crippen molar-refractivity contribution in [2.45, 2.75) is 0 Å². The van der Waals surface area contributed by atoms with Crippen molar-refractivity contribution in [3.8, 4) is 6.07 Å². The van der Waals surface area contributed by atoms with Crippen molar-refractivity contribution in [1.82, 2.24) is 4.90 Å². The summed E-state index contributed by atoms with van der Waals surface area (Å²) in [6.45, 7) is 2.24. The van der Waals surface area contributed by atoms with E-state index in [2.05, 4.69) is 10.2 Å². The van der Waals surface area contributed by atoms with Gasteiger partial charge in [0.05, 0.1) is 0 Å². The average Bonchev–Trinajstić information content (AvgIpc) is 2.70. The Balaban J connectivity index is 1.59. The molecule has 0 radical (unpaired) electrons. The largest absolute Gasteiger partial charge is 0.368 e. The Hall–Kier alpha value is -3.04. The molecule has 1 N–H and O–H groups in total. The van der Waals surface area contributed by atoms with Crippen LogP contribution in [-0.4, -0.2) is 37.0 Å². The van der Waals surface area contributed by atoms with E-state index < -0.39 is 0 Å². The quantitative estimate of drug-likeness (QED) is 0.645. The highest BCUT2D eigenvalue weighted by molar-refractivity contribution is 6.30. The van der Waals surface area contributed by atoms with Crippen LogP contribution in [0.25, 0.3) is 0 Å². The molecule has 3 rings (SSSR count). The van der Waals surface area contributed by atoms with Gasteiger partial charge in [-0.2, -0.15) is 5.26 Å². The van der Waals surface area contributed by atoms with E-state index in [4.69, 9.17) is 11.6 Å². The first kappa shape index (κ1) is 18.7. The standard InChI is InChI=1S/C20H18ClFN4O/c21-16-1-5-18(6-2-16)24-14-15(13-23)20(27)26-11-9-25(10-12-26)19-7-3-17(22)4-8-19/h1-8,14,24H,9-12H2/b15-14-. The SMILES string of the molecule is N#C/C(=C/Nc1ccc(Cl)cc1)C(=O)N1CCN(c2ccc(F)cc2)CC1. The highest BCUT2D eigenvalue weighted by atomic mass is 35.5. The van der Waals surface area contributed by atoms with Crippen LogP contribution in [0, 0.1) is 17.1 Å². The molecule has 0 spiro atoms. The highest BCUT2D eigenvalue weighted by Gasteiger charge is 2.23. The zero-order chi connectivity index (χ0) is 19.2. The molecule has 1 amide bonds. The third kappa shape index (κ3) is 4.78. The Bertz CT molecular complexity index is 866. The molecule has 1 fully saturated rings. The monoisotopic (exact) mass is 384 g/mol. The molecule has 0 unspecified atom stereocenters. The van der Waals surface area contributed by atoms with Gasteiger partial charge in [-0.15, -0.1) is 0 Å². The van der Waals surface area contributed by atoms with Crippen LogP contribution in [0.2, 0.25) is 5.02 Å². The van der Waals surface area contributed by atoms with Gasteiger partial charge in [0.2, 0.25) is 0 Å². The Kier molecular flexibility index (Phi) is 5.94. The summed E-state index contributed by atoms with van der Waals surface area (Å²) in [6, 6.07) is 15.2. The van der Waals surface area contributed by atoms with Crippen LogP contribution in [-0.2, 0) is 4.79 Å². The lowest BCUT2D eigenvalue weighted by molar-refractivity contribution is -0.127. The summed E-state index contributed by atoms with van der Waals surface area (Å²) in [5, 5.41) is 12.9. The fourth-order valence-electron chi connectivity index (χ4n) is 2.83. The van der Waals surface area contributed by atoms with Gasteiger partial charge < -0.3 is 15.1 Å². The fraction of sp³-hybridized carbons (Fsp3) is 0.200. The lowest BCUT2D eigenvalue weighted by Gasteiger charge is -2.36. The Labute approximate surface area is 162 Å². The number of hydrogen-bond donors (Lipinski definition) is 1. The maximum absolute atomic E-state index is 13.0. The molecule has 1 saturated heterocycles. The first-order chi connectivity index (χ1) is 13.1. The van der Waals surface area contributed by atoms with E-state index in [-0.39, 0.29) is 17.3 Å². The van der Waals surface area contributed by atoms with E-state index in [0.29, 0.717) is 31.2 Å². The van der Waals surface area contributed by atoms with E-state index in [1.165, 1.54) is 18.3 Å². The van der Waals surface area contributed by atoms with Gasteiger partial charge in [0, 0.05) is 48.8 Å². The van der Waals surface area contributed by atoms with Gasteiger partial charge in [-0.05, 0) is 48.5 Å². The second kappa shape index (κ2) is 8.56. The molecule has 2 aromatic carbocycles. The molecule has 7 heteroatoms. The summed E-state index contributed by atoms with van der Waals surface area (Å²) >= 11 is 5.84. The smallest absolute Gasteiger partial charge is 0.266 e. The van der Waals surface area contributed by atoms with E-state index in [1.54, 1.807) is 41.3 Å². The van der Waals surface area contributed by atoms with Gasteiger partial charge in [0.25, 0.3) is 5.91 Å². The summed E-state index contributed by atoms with van der Waals surface area (Å²) < 4.78 is 13.0. The third-order valence-electron chi connectivity index (χ3n) is 4.34. The molecule has 1 heterocycles. The maximum Gasteiger partial charge on any atom is 0.266 e. The van der Waals surface area contributed by atoms with E-state index in [1.807, 2.05) is 6.07 Å². The number of carbonyl (C=O) groups is 1. The summed E-state index contributed by atoms with van der Waals surface area (Å²) in [6.07, 6.45) is 1.41. The molecule has 1 aliphatic rings. The first-order valence-electron chi connectivity index (χ1n) is 8.49. The molecule has 0 atom stereocenters. The number of amides is 1. The molecule has 0 bridgehead atoms. The zero-order valence-electron chi connectivity index (χ0n) is 14.5. The van der Waals surface area contributed by atoms with Crippen molar-refractivity contribution in [3.05, 3.63) is 71.1 Å². The van der Waals surface area contributed by atoms with Crippen LogP contribution in [0.15, 0.2) is 60.3 Å². The molecule has 0 saturated carbocycles. The van der Waals surface area contributed by atoms with Crippen LogP contribution in [0.4, 0.5) is 15.8 Å². The van der Waals surface area contributed by atoms with Crippen LogP contribution < -0.4 is 10.2 Å². The lowest BCUT2D eigenvalue weighted by Crippen LogP contribution is -2.49. The summed E-state index contributed by atoms with van der Waals surface area (Å²) in [7, 11) is 0. The van der Waals surface area contributed by atoms with Gasteiger partial charge >= 0.3 is 0 Å². The first-order valence-corrected chi connectivity index (χ1v) is 8.87. The van der Waals surface area contributed by atoms with E-state index in [9.17, 15) is 14.4 Å². The summed E-state index contributed by atoms with van der Waals surface area (Å²) in [5.74, 6) is -0.581. The molecule has 0 aromatic heterocycles. The number of anilines is 2. The predicted octanol–water partition coefficient (Wildman–Crippen LogP) is 3.65. The number of nitrogens with zero attached hydrogens (tertiary/aromatic N) is 3. The van der Waals surface area contributed by atoms with Gasteiger partial charge in [-0.1, -0.05) is 11.6 Å². The molecular formula is C20H18ClFN4O. The van der Waals surface area contributed by atoms with Crippen molar-refractivity contribution in [3.63, 3.8) is 0 Å². The second-order valence-electron chi connectivity index (χ2n) is 6.08. The van der Waals surface area contributed by atoms with Crippen LogP contribution >= 0.6 is 11.6 Å². The Morgan fingerprint density at radius 3 is 2.30 bits per heavy atom. The number of hydrogen-bond acceptors (Lipinski definition) is 4. The Morgan fingerprint density at radius 2 is 1.70 bits per heavy atom. The van der Waals surface area contributed by atoms with Crippen molar-refractivity contribution < 1.29 is 9.18 Å². The minimum atomic E-state index is -0.308. The summed E-state index contributed by atoms with van der Waals surface area (Å²) in [5.41, 5.74) is 1.70. The fourth-order valence-corrected chi connectivity index (χ4v) is 2.96. The maximum atomic E-state index is 13.0. The molecular weight excluding hydrogens is 367 g/mol. The van der Waals surface area contributed by atoms with Gasteiger partial charge in [0.1, 0.15) is 17.5 Å². The number of nitrogens with one attached hydrogen (secondary N) is 1. The number of carbonyl (C=O) groups excluding carboxylic acids is 1.